The number of aromatic nitrogens is 2. The lowest BCUT2D eigenvalue weighted by atomic mass is 10.0. The van der Waals surface area contributed by atoms with Gasteiger partial charge in [0.25, 0.3) is 0 Å². The minimum Gasteiger partial charge on any atom is -0.461 e. The van der Waals surface area contributed by atoms with E-state index in [4.69, 9.17) is 16.3 Å². The molecule has 1 aromatic heterocycles. The number of amides is 1. The average molecular weight is 374 g/mol. The molecule has 1 amide bonds. The van der Waals surface area contributed by atoms with E-state index in [2.05, 4.69) is 5.10 Å². The summed E-state index contributed by atoms with van der Waals surface area (Å²) in [6.45, 7) is 3.10. The first-order valence-corrected chi connectivity index (χ1v) is 9.29. The standard InChI is InChI=1S/C19H20ClN3O3/c1-2-26-19(25)17-15-11-22(18(24)12-3-4-12)10-9-16(15)23(21-17)14-7-5-13(20)6-8-14/h5-8,12H,2-4,9-11H2,1H3. The smallest absolute Gasteiger partial charge is 0.359 e. The molecule has 1 saturated carbocycles. The van der Waals surface area contributed by atoms with Gasteiger partial charge in [-0.15, -0.1) is 0 Å². The van der Waals surface area contributed by atoms with E-state index in [1.165, 1.54) is 0 Å². The van der Waals surface area contributed by atoms with Gasteiger partial charge >= 0.3 is 5.97 Å². The molecule has 6 nitrogen and oxygen atoms in total. The summed E-state index contributed by atoms with van der Waals surface area (Å²) in [7, 11) is 0. The fourth-order valence-electron chi connectivity index (χ4n) is 3.35. The first-order valence-electron chi connectivity index (χ1n) is 8.91. The van der Waals surface area contributed by atoms with Crippen LogP contribution < -0.4 is 0 Å². The summed E-state index contributed by atoms with van der Waals surface area (Å²) in [5, 5.41) is 5.17. The van der Waals surface area contributed by atoms with Crippen LogP contribution >= 0.6 is 11.6 Å². The third-order valence-corrected chi connectivity index (χ3v) is 5.09. The molecule has 2 heterocycles. The Kier molecular flexibility index (Phi) is 4.44. The molecule has 0 saturated heterocycles. The molecule has 7 heteroatoms. The Bertz CT molecular complexity index is 856. The van der Waals surface area contributed by atoms with Crippen molar-refractivity contribution in [2.75, 3.05) is 13.2 Å². The largest absolute Gasteiger partial charge is 0.461 e. The van der Waals surface area contributed by atoms with Crippen LogP contribution in [0.15, 0.2) is 24.3 Å². The van der Waals surface area contributed by atoms with Crippen LogP contribution in [-0.2, 0) is 22.5 Å². The third kappa shape index (κ3) is 3.09. The van der Waals surface area contributed by atoms with Gasteiger partial charge in [0.1, 0.15) is 0 Å². The fourth-order valence-corrected chi connectivity index (χ4v) is 3.48. The summed E-state index contributed by atoms with van der Waals surface area (Å²) in [4.78, 5) is 26.7. The van der Waals surface area contributed by atoms with Crippen LogP contribution in [0.1, 0.15) is 41.5 Å². The average Bonchev–Trinajstić information content (AvgIpc) is 3.42. The summed E-state index contributed by atoms with van der Waals surface area (Å²) in [6, 6.07) is 7.32. The highest BCUT2D eigenvalue weighted by Gasteiger charge is 2.37. The highest BCUT2D eigenvalue weighted by Crippen LogP contribution is 2.34. The van der Waals surface area contributed by atoms with Crippen molar-refractivity contribution in [3.63, 3.8) is 0 Å². The molecule has 0 N–H and O–H groups in total. The molecule has 0 bridgehead atoms. The van der Waals surface area contributed by atoms with Gasteiger partial charge < -0.3 is 9.64 Å². The lowest BCUT2D eigenvalue weighted by molar-refractivity contribution is -0.133. The number of benzene rings is 1. The second-order valence-electron chi connectivity index (χ2n) is 6.67. The number of esters is 1. The molecular weight excluding hydrogens is 354 g/mol. The van der Waals surface area contributed by atoms with Gasteiger partial charge in [-0.3, -0.25) is 4.79 Å². The van der Waals surface area contributed by atoms with Crippen LogP contribution in [0.4, 0.5) is 0 Å². The van der Waals surface area contributed by atoms with Gasteiger partial charge in [-0.2, -0.15) is 5.10 Å². The van der Waals surface area contributed by atoms with Gasteiger partial charge in [-0.05, 0) is 44.0 Å². The van der Waals surface area contributed by atoms with Crippen molar-refractivity contribution in [3.8, 4) is 5.69 Å². The molecule has 0 unspecified atom stereocenters. The van der Waals surface area contributed by atoms with E-state index in [1.54, 1.807) is 23.7 Å². The van der Waals surface area contributed by atoms with E-state index in [0.29, 0.717) is 30.2 Å². The van der Waals surface area contributed by atoms with E-state index in [-0.39, 0.29) is 18.4 Å². The van der Waals surface area contributed by atoms with E-state index < -0.39 is 5.97 Å². The van der Waals surface area contributed by atoms with Crippen LogP contribution in [0, 0.1) is 5.92 Å². The van der Waals surface area contributed by atoms with Crippen molar-refractivity contribution in [1.29, 1.82) is 0 Å². The van der Waals surface area contributed by atoms with Crippen molar-refractivity contribution in [3.05, 3.63) is 46.2 Å². The summed E-state index contributed by atoms with van der Waals surface area (Å²) in [5.41, 5.74) is 2.88. The van der Waals surface area contributed by atoms with Gasteiger partial charge in [0, 0.05) is 36.0 Å². The van der Waals surface area contributed by atoms with Crippen LogP contribution in [0.2, 0.25) is 5.02 Å². The molecule has 1 aliphatic carbocycles. The molecular formula is C19H20ClN3O3. The zero-order valence-electron chi connectivity index (χ0n) is 14.6. The number of halogens is 1. The molecule has 0 spiro atoms. The van der Waals surface area contributed by atoms with Gasteiger partial charge in [-0.1, -0.05) is 11.6 Å². The van der Waals surface area contributed by atoms with Crippen LogP contribution in [0.3, 0.4) is 0 Å². The minimum atomic E-state index is -0.447. The number of carbonyl (C=O) groups excluding carboxylic acids is 2. The number of ether oxygens (including phenoxy) is 1. The minimum absolute atomic E-state index is 0.161. The molecule has 1 aliphatic heterocycles. The Morgan fingerprint density at radius 3 is 2.65 bits per heavy atom. The number of rotatable bonds is 4. The Hall–Kier alpha value is -2.34. The van der Waals surface area contributed by atoms with Crippen molar-refractivity contribution in [1.82, 2.24) is 14.7 Å². The topological polar surface area (TPSA) is 64.4 Å². The molecule has 2 aromatic rings. The molecule has 0 radical (unpaired) electrons. The first kappa shape index (κ1) is 17.1. The molecule has 1 aromatic carbocycles. The second-order valence-corrected chi connectivity index (χ2v) is 7.10. The molecule has 1 fully saturated rings. The van der Waals surface area contributed by atoms with Crippen molar-refractivity contribution in [2.45, 2.75) is 32.7 Å². The second kappa shape index (κ2) is 6.76. The van der Waals surface area contributed by atoms with Crippen molar-refractivity contribution >= 4 is 23.5 Å². The number of carbonyl (C=O) groups is 2. The maximum Gasteiger partial charge on any atom is 0.359 e. The predicted octanol–water partition coefficient (Wildman–Crippen LogP) is 3.00. The molecule has 0 atom stereocenters. The summed E-state index contributed by atoms with van der Waals surface area (Å²) in [6.07, 6.45) is 2.59. The number of fused-ring (bicyclic) bond motifs is 1. The SMILES string of the molecule is CCOC(=O)c1nn(-c2ccc(Cl)cc2)c2c1CN(C(=O)C1CC1)CC2. The number of hydrogen-bond donors (Lipinski definition) is 0. The normalized spacial score (nSPS) is 16.3. The Balaban J connectivity index is 1.73. The van der Waals surface area contributed by atoms with Gasteiger partial charge in [0.05, 0.1) is 18.0 Å². The Morgan fingerprint density at radius 2 is 2.00 bits per heavy atom. The number of nitrogens with zero attached hydrogens (tertiary/aromatic N) is 3. The molecule has 26 heavy (non-hydrogen) atoms. The maximum absolute atomic E-state index is 12.5. The monoisotopic (exact) mass is 373 g/mol. The highest BCUT2D eigenvalue weighted by molar-refractivity contribution is 6.30. The summed E-state index contributed by atoms with van der Waals surface area (Å²) >= 11 is 5.98. The van der Waals surface area contributed by atoms with Crippen molar-refractivity contribution in [2.24, 2.45) is 5.92 Å². The van der Waals surface area contributed by atoms with Gasteiger partial charge in [0.15, 0.2) is 5.69 Å². The highest BCUT2D eigenvalue weighted by atomic mass is 35.5. The van der Waals surface area contributed by atoms with Crippen LogP contribution in [0.5, 0.6) is 0 Å². The Morgan fingerprint density at radius 1 is 1.27 bits per heavy atom. The van der Waals surface area contributed by atoms with Gasteiger partial charge in [-0.25, -0.2) is 9.48 Å². The molecule has 4 rings (SSSR count). The zero-order valence-corrected chi connectivity index (χ0v) is 15.3. The van der Waals surface area contributed by atoms with E-state index in [0.717, 1.165) is 29.8 Å². The molecule has 2 aliphatic rings. The van der Waals surface area contributed by atoms with Crippen molar-refractivity contribution < 1.29 is 14.3 Å². The van der Waals surface area contributed by atoms with Crippen LogP contribution in [0.25, 0.3) is 5.69 Å². The van der Waals surface area contributed by atoms with E-state index >= 15 is 0 Å². The Labute approximate surface area is 156 Å². The van der Waals surface area contributed by atoms with E-state index in [9.17, 15) is 9.59 Å². The quantitative estimate of drug-likeness (QED) is 0.773. The number of hydrogen-bond acceptors (Lipinski definition) is 4. The predicted molar refractivity (Wildman–Crippen MR) is 96.4 cm³/mol. The maximum atomic E-state index is 12.5. The molecule has 136 valence electrons. The fraction of sp³-hybridized carbons (Fsp3) is 0.421. The van der Waals surface area contributed by atoms with Crippen LogP contribution in [-0.4, -0.2) is 39.7 Å². The summed E-state index contributed by atoms with van der Waals surface area (Å²) < 4.78 is 6.95. The first-order chi connectivity index (χ1) is 12.6. The van der Waals surface area contributed by atoms with Gasteiger partial charge in [0.2, 0.25) is 5.91 Å². The lowest BCUT2D eigenvalue weighted by Crippen LogP contribution is -2.37. The lowest BCUT2D eigenvalue weighted by Gasteiger charge is -2.28. The third-order valence-electron chi connectivity index (χ3n) is 4.84. The van der Waals surface area contributed by atoms with E-state index in [1.807, 2.05) is 17.0 Å². The zero-order chi connectivity index (χ0) is 18.3. The summed E-state index contributed by atoms with van der Waals surface area (Å²) in [5.74, 6) is -0.101.